The van der Waals surface area contributed by atoms with E-state index in [1.165, 1.54) is 38.5 Å². The second-order valence-electron chi connectivity index (χ2n) is 2.19. The average Bonchev–Trinajstić information content (AvgIpc) is 1.93. The van der Waals surface area contributed by atoms with Crippen molar-refractivity contribution < 1.29 is 8.42 Å². The Labute approximate surface area is 59.3 Å². The zero-order valence-electron chi connectivity index (χ0n) is 5.47. The summed E-state index contributed by atoms with van der Waals surface area (Å²) in [6.45, 7) is 0. The van der Waals surface area contributed by atoms with Crippen molar-refractivity contribution in [3.05, 3.63) is 0 Å². The average molecular weight is 148 g/mol. The Bertz CT molecular complexity index is 71.5. The maximum Gasteiger partial charge on any atom is 0.335 e. The molecule has 0 heterocycles. The van der Waals surface area contributed by atoms with E-state index in [1.807, 2.05) is 0 Å². The van der Waals surface area contributed by atoms with E-state index in [-0.39, 0.29) is 0 Å². The largest absolute Gasteiger partial charge is 0.335 e. The molecule has 3 heteroatoms. The Morgan fingerprint density at radius 3 is 0.889 bits per heavy atom. The van der Waals surface area contributed by atoms with Crippen molar-refractivity contribution in [1.29, 1.82) is 0 Å². The van der Waals surface area contributed by atoms with Gasteiger partial charge in [0, 0.05) is 0 Å². The van der Waals surface area contributed by atoms with Crippen molar-refractivity contribution >= 4 is 11.6 Å². The third-order valence-corrected chi connectivity index (χ3v) is 1.50. The van der Waals surface area contributed by atoms with Crippen LogP contribution >= 0.6 is 0 Å². The highest BCUT2D eigenvalue weighted by molar-refractivity contribution is 7.51. The minimum absolute atomic E-state index is 0.750. The lowest BCUT2D eigenvalue weighted by atomic mass is 10.0. The molecule has 1 rings (SSSR count). The van der Waals surface area contributed by atoms with Gasteiger partial charge in [-0.15, -0.1) is 0 Å². The van der Waals surface area contributed by atoms with Crippen LogP contribution in [0.3, 0.4) is 0 Å². The molecule has 0 aliphatic heterocycles. The second-order valence-corrected chi connectivity index (χ2v) is 2.33. The molecule has 0 atom stereocenters. The van der Waals surface area contributed by atoms with Gasteiger partial charge in [0.2, 0.25) is 0 Å². The van der Waals surface area contributed by atoms with Gasteiger partial charge in [0.1, 0.15) is 0 Å². The molecule has 0 bridgehead atoms. The summed E-state index contributed by atoms with van der Waals surface area (Å²) in [5.41, 5.74) is 0. The Kier molecular flexibility index (Phi) is 7.66. The molecule has 0 saturated heterocycles. The molecule has 0 radical (unpaired) electrons. The van der Waals surface area contributed by atoms with Gasteiger partial charge >= 0.3 is 11.6 Å². The quantitative estimate of drug-likeness (QED) is 0.523. The molecule has 1 fully saturated rings. The van der Waals surface area contributed by atoms with Crippen LogP contribution < -0.4 is 0 Å². The molecular weight excluding hydrogens is 136 g/mol. The highest BCUT2D eigenvalue weighted by Gasteiger charge is 1.95. The van der Waals surface area contributed by atoms with E-state index in [0.29, 0.717) is 0 Å². The molecule has 2 nitrogen and oxygen atoms in total. The summed E-state index contributed by atoms with van der Waals surface area (Å²) < 4.78 is 16.6. The lowest BCUT2D eigenvalue weighted by molar-refractivity contribution is 0.504. The Hall–Kier alpha value is -0.180. The van der Waals surface area contributed by atoms with Crippen LogP contribution in [0.4, 0.5) is 0 Å². The first-order valence-electron chi connectivity index (χ1n) is 3.33. The van der Waals surface area contributed by atoms with Crippen molar-refractivity contribution in [2.24, 2.45) is 0 Å². The molecule has 9 heavy (non-hydrogen) atoms. The van der Waals surface area contributed by atoms with E-state index in [9.17, 15) is 0 Å². The first kappa shape index (κ1) is 8.82. The summed E-state index contributed by atoms with van der Waals surface area (Å²) in [5, 5.41) is 0. The molecule has 1 saturated carbocycles. The molecule has 0 aromatic rings. The van der Waals surface area contributed by atoms with Crippen LogP contribution in [0.15, 0.2) is 0 Å². The number of hydrogen-bond donors (Lipinski definition) is 0. The van der Waals surface area contributed by atoms with E-state index in [2.05, 4.69) is 0 Å². The molecule has 0 N–H and O–H groups in total. The fourth-order valence-electron chi connectivity index (χ4n) is 1.06. The molecule has 0 aromatic carbocycles. The SMILES string of the molecule is C1CCCCC1.O=S=O. The Balaban J connectivity index is 0.000000187. The lowest BCUT2D eigenvalue weighted by Gasteiger charge is -2.05. The maximum atomic E-state index is 8.29. The van der Waals surface area contributed by atoms with Crippen molar-refractivity contribution in [1.82, 2.24) is 0 Å². The highest BCUT2D eigenvalue weighted by Crippen LogP contribution is 2.15. The molecule has 0 spiro atoms. The van der Waals surface area contributed by atoms with E-state index >= 15 is 0 Å². The number of rotatable bonds is 0. The monoisotopic (exact) mass is 148 g/mol. The summed E-state index contributed by atoms with van der Waals surface area (Å²) in [7, 11) is 0. The zero-order chi connectivity index (χ0) is 6.95. The van der Waals surface area contributed by atoms with Gasteiger partial charge in [-0.1, -0.05) is 38.5 Å². The van der Waals surface area contributed by atoms with Crippen LogP contribution in [0.25, 0.3) is 0 Å². The van der Waals surface area contributed by atoms with Gasteiger partial charge in [-0.3, -0.25) is 0 Å². The van der Waals surface area contributed by atoms with Crippen molar-refractivity contribution in [2.45, 2.75) is 38.5 Å². The van der Waals surface area contributed by atoms with Gasteiger partial charge in [0.05, 0.1) is 0 Å². The van der Waals surface area contributed by atoms with Gasteiger partial charge < -0.3 is 0 Å². The van der Waals surface area contributed by atoms with Gasteiger partial charge in [-0.25, -0.2) is 0 Å². The van der Waals surface area contributed by atoms with Gasteiger partial charge in [-0.2, -0.15) is 8.42 Å². The zero-order valence-corrected chi connectivity index (χ0v) is 6.28. The molecule has 1 aliphatic rings. The van der Waals surface area contributed by atoms with E-state index in [4.69, 9.17) is 8.42 Å². The maximum absolute atomic E-state index is 8.29. The number of hydrogen-bond acceptors (Lipinski definition) is 2. The predicted octanol–water partition coefficient (Wildman–Crippen LogP) is 1.67. The lowest BCUT2D eigenvalue weighted by Crippen LogP contribution is -1.85. The molecule has 0 amide bonds. The van der Waals surface area contributed by atoms with Crippen LogP contribution in [0.2, 0.25) is 0 Å². The first-order valence-corrected chi connectivity index (χ1v) is 4.00. The summed E-state index contributed by atoms with van der Waals surface area (Å²) in [6, 6.07) is 0. The molecular formula is C6H12O2S. The van der Waals surface area contributed by atoms with Crippen LogP contribution in [-0.4, -0.2) is 8.42 Å². The Morgan fingerprint density at radius 1 is 0.667 bits per heavy atom. The van der Waals surface area contributed by atoms with Crippen LogP contribution in [0.1, 0.15) is 38.5 Å². The van der Waals surface area contributed by atoms with E-state index in [1.54, 1.807) is 0 Å². The second kappa shape index (κ2) is 7.82. The summed E-state index contributed by atoms with van der Waals surface area (Å²) >= 11 is -0.750. The summed E-state index contributed by atoms with van der Waals surface area (Å²) in [5.74, 6) is 0. The van der Waals surface area contributed by atoms with Crippen LogP contribution in [0.5, 0.6) is 0 Å². The third kappa shape index (κ3) is 7.82. The predicted molar refractivity (Wildman–Crippen MR) is 36.6 cm³/mol. The fraction of sp³-hybridized carbons (Fsp3) is 1.00. The minimum Gasteiger partial charge on any atom is -0.168 e. The Morgan fingerprint density at radius 2 is 0.778 bits per heavy atom. The molecule has 1 aliphatic carbocycles. The summed E-state index contributed by atoms with van der Waals surface area (Å²) in [6.07, 6.45) is 9.00. The topological polar surface area (TPSA) is 34.1 Å². The van der Waals surface area contributed by atoms with Crippen molar-refractivity contribution in [3.8, 4) is 0 Å². The smallest absolute Gasteiger partial charge is 0.168 e. The third-order valence-electron chi connectivity index (χ3n) is 1.50. The summed E-state index contributed by atoms with van der Waals surface area (Å²) in [4.78, 5) is 0. The van der Waals surface area contributed by atoms with E-state index in [0.717, 1.165) is 0 Å². The van der Waals surface area contributed by atoms with Gasteiger partial charge in [-0.05, 0) is 0 Å². The van der Waals surface area contributed by atoms with Crippen molar-refractivity contribution in [3.63, 3.8) is 0 Å². The van der Waals surface area contributed by atoms with Crippen LogP contribution in [-0.2, 0) is 11.6 Å². The molecule has 0 unspecified atom stereocenters. The normalized spacial score (nSPS) is 17.3. The van der Waals surface area contributed by atoms with Gasteiger partial charge in [0.25, 0.3) is 0 Å². The first-order chi connectivity index (χ1) is 4.41. The van der Waals surface area contributed by atoms with Gasteiger partial charge in [0.15, 0.2) is 0 Å². The highest BCUT2D eigenvalue weighted by atomic mass is 32.1. The standard InChI is InChI=1S/C6H12.O2S/c1-2-4-6-5-3-1;1-3-2/h1-6H2;. The minimum atomic E-state index is -0.750. The fourth-order valence-corrected chi connectivity index (χ4v) is 1.06. The molecule has 54 valence electrons. The molecule has 0 aromatic heterocycles. The van der Waals surface area contributed by atoms with Crippen molar-refractivity contribution in [2.75, 3.05) is 0 Å². The van der Waals surface area contributed by atoms with E-state index < -0.39 is 11.6 Å². The van der Waals surface area contributed by atoms with Crippen LogP contribution in [0, 0.1) is 0 Å².